The summed E-state index contributed by atoms with van der Waals surface area (Å²) < 4.78 is 40.7. The quantitative estimate of drug-likeness (QED) is 0.506. The van der Waals surface area contributed by atoms with Crippen LogP contribution in [0, 0.1) is 12.7 Å². The van der Waals surface area contributed by atoms with Crippen LogP contribution in [0.2, 0.25) is 0 Å². The summed E-state index contributed by atoms with van der Waals surface area (Å²) in [6.07, 6.45) is 0. The first kappa shape index (κ1) is 20.8. The van der Waals surface area contributed by atoms with Gasteiger partial charge in [0.05, 0.1) is 10.6 Å². The van der Waals surface area contributed by atoms with Gasteiger partial charge in [-0.1, -0.05) is 30.3 Å². The Hall–Kier alpha value is -2.97. The number of sulfonamides is 1. The van der Waals surface area contributed by atoms with Gasteiger partial charge in [-0.05, 0) is 72.7 Å². The maximum absolute atomic E-state index is 12.9. The molecule has 0 saturated carbocycles. The summed E-state index contributed by atoms with van der Waals surface area (Å²) in [4.78, 5) is 0.150. The van der Waals surface area contributed by atoms with Crippen LogP contribution in [0.4, 0.5) is 15.8 Å². The number of benzene rings is 3. The van der Waals surface area contributed by atoms with Gasteiger partial charge in [-0.2, -0.15) is 0 Å². The number of rotatable bonds is 6. The molecule has 0 aromatic heterocycles. The molecule has 29 heavy (non-hydrogen) atoms. The minimum Gasteiger partial charge on any atom is -0.358 e. The molecule has 0 radical (unpaired) electrons. The van der Waals surface area contributed by atoms with Crippen molar-refractivity contribution in [1.82, 2.24) is 5.32 Å². The fourth-order valence-corrected chi connectivity index (χ4v) is 3.89. The SMILES string of the molecule is Cc1ccccc1NS(=O)(=O)c1ccc(NC(=S)NCc2ccc(F)cc2)cc1. The highest BCUT2D eigenvalue weighted by Crippen LogP contribution is 2.20. The summed E-state index contributed by atoms with van der Waals surface area (Å²) in [5, 5.41) is 6.39. The van der Waals surface area contributed by atoms with Gasteiger partial charge < -0.3 is 10.6 Å². The minimum absolute atomic E-state index is 0.150. The number of halogens is 1. The van der Waals surface area contributed by atoms with Gasteiger partial charge in [0.1, 0.15) is 5.82 Å². The zero-order valence-electron chi connectivity index (χ0n) is 15.6. The van der Waals surface area contributed by atoms with E-state index in [1.807, 2.05) is 19.1 Å². The van der Waals surface area contributed by atoms with E-state index in [0.717, 1.165) is 11.1 Å². The van der Waals surface area contributed by atoms with Crippen LogP contribution in [0.5, 0.6) is 0 Å². The van der Waals surface area contributed by atoms with Crippen LogP contribution in [-0.2, 0) is 16.6 Å². The second-order valence-corrected chi connectivity index (χ2v) is 8.47. The fourth-order valence-electron chi connectivity index (χ4n) is 2.57. The summed E-state index contributed by atoms with van der Waals surface area (Å²) >= 11 is 5.24. The minimum atomic E-state index is -3.69. The smallest absolute Gasteiger partial charge is 0.261 e. The molecule has 0 aliphatic rings. The maximum atomic E-state index is 12.9. The lowest BCUT2D eigenvalue weighted by molar-refractivity contribution is 0.601. The van der Waals surface area contributed by atoms with E-state index in [1.165, 1.54) is 24.3 Å². The number of anilines is 2. The van der Waals surface area contributed by atoms with Crippen molar-refractivity contribution >= 4 is 38.7 Å². The van der Waals surface area contributed by atoms with E-state index in [0.29, 0.717) is 23.0 Å². The Labute approximate surface area is 175 Å². The van der Waals surface area contributed by atoms with Crippen molar-refractivity contribution in [3.8, 4) is 0 Å². The zero-order chi connectivity index (χ0) is 20.9. The van der Waals surface area contributed by atoms with Gasteiger partial charge in [0.2, 0.25) is 0 Å². The molecular weight excluding hydrogens is 409 g/mol. The van der Waals surface area contributed by atoms with Gasteiger partial charge in [0.25, 0.3) is 10.0 Å². The zero-order valence-corrected chi connectivity index (χ0v) is 17.3. The van der Waals surface area contributed by atoms with E-state index >= 15 is 0 Å². The van der Waals surface area contributed by atoms with Gasteiger partial charge in [-0.25, -0.2) is 12.8 Å². The number of hydrogen-bond acceptors (Lipinski definition) is 3. The Bertz CT molecular complexity index is 1100. The molecule has 0 amide bonds. The van der Waals surface area contributed by atoms with Crippen molar-refractivity contribution < 1.29 is 12.8 Å². The first-order valence-electron chi connectivity index (χ1n) is 8.81. The molecule has 0 fully saturated rings. The van der Waals surface area contributed by atoms with Crippen molar-refractivity contribution in [2.75, 3.05) is 10.0 Å². The molecule has 0 bridgehead atoms. The highest BCUT2D eigenvalue weighted by atomic mass is 32.2. The van der Waals surface area contributed by atoms with Crippen molar-refractivity contribution in [1.29, 1.82) is 0 Å². The van der Waals surface area contributed by atoms with Gasteiger partial charge in [-0.3, -0.25) is 4.72 Å². The fraction of sp³-hybridized carbons (Fsp3) is 0.0952. The maximum Gasteiger partial charge on any atom is 0.261 e. The Morgan fingerprint density at radius 2 is 1.62 bits per heavy atom. The highest BCUT2D eigenvalue weighted by Gasteiger charge is 2.15. The molecule has 3 rings (SSSR count). The van der Waals surface area contributed by atoms with Crippen LogP contribution in [-0.4, -0.2) is 13.5 Å². The molecule has 0 heterocycles. The molecule has 0 aliphatic carbocycles. The molecule has 0 unspecified atom stereocenters. The van der Waals surface area contributed by atoms with Crippen LogP contribution >= 0.6 is 12.2 Å². The van der Waals surface area contributed by atoms with E-state index < -0.39 is 10.0 Å². The number of thiocarbonyl (C=S) groups is 1. The lowest BCUT2D eigenvalue weighted by atomic mass is 10.2. The van der Waals surface area contributed by atoms with Crippen molar-refractivity contribution in [3.63, 3.8) is 0 Å². The molecule has 5 nitrogen and oxygen atoms in total. The molecule has 3 aromatic carbocycles. The standard InChI is InChI=1S/C21H20FN3O2S2/c1-15-4-2-3-5-20(15)25-29(26,27)19-12-10-18(11-13-19)24-21(28)23-14-16-6-8-17(22)9-7-16/h2-13,25H,14H2,1H3,(H2,23,24,28). The Balaban J connectivity index is 1.59. The molecular formula is C21H20FN3O2S2. The number of para-hydroxylation sites is 1. The van der Waals surface area contributed by atoms with Crippen LogP contribution in [0.15, 0.2) is 77.7 Å². The second-order valence-electron chi connectivity index (χ2n) is 6.38. The third-order valence-electron chi connectivity index (χ3n) is 4.18. The van der Waals surface area contributed by atoms with E-state index in [9.17, 15) is 12.8 Å². The summed E-state index contributed by atoms with van der Waals surface area (Å²) in [5.74, 6) is -0.290. The van der Waals surface area contributed by atoms with E-state index in [2.05, 4.69) is 15.4 Å². The summed E-state index contributed by atoms with van der Waals surface area (Å²) in [6.45, 7) is 2.28. The summed E-state index contributed by atoms with van der Waals surface area (Å²) in [7, 11) is -3.69. The average molecular weight is 430 g/mol. The predicted molar refractivity (Wildman–Crippen MR) is 118 cm³/mol. The third kappa shape index (κ3) is 5.75. The van der Waals surface area contributed by atoms with Crippen LogP contribution in [0.25, 0.3) is 0 Å². The average Bonchev–Trinajstić information content (AvgIpc) is 2.70. The number of hydrogen-bond donors (Lipinski definition) is 3. The van der Waals surface area contributed by atoms with Crippen molar-refractivity contribution in [3.05, 3.63) is 89.7 Å². The first-order chi connectivity index (χ1) is 13.8. The van der Waals surface area contributed by atoms with Gasteiger partial charge in [0.15, 0.2) is 5.11 Å². The molecule has 3 aromatic rings. The van der Waals surface area contributed by atoms with E-state index in [-0.39, 0.29) is 10.7 Å². The Kier molecular flexibility index (Phi) is 6.46. The van der Waals surface area contributed by atoms with Crippen molar-refractivity contribution in [2.45, 2.75) is 18.4 Å². The highest BCUT2D eigenvalue weighted by molar-refractivity contribution is 7.92. The van der Waals surface area contributed by atoms with E-state index in [1.54, 1.807) is 36.4 Å². The summed E-state index contributed by atoms with van der Waals surface area (Å²) in [5.41, 5.74) is 2.92. The molecule has 0 saturated heterocycles. The normalized spacial score (nSPS) is 11.0. The van der Waals surface area contributed by atoms with Crippen LogP contribution < -0.4 is 15.4 Å². The topological polar surface area (TPSA) is 70.2 Å². The monoisotopic (exact) mass is 429 g/mol. The number of aryl methyl sites for hydroxylation is 1. The van der Waals surface area contributed by atoms with Gasteiger partial charge in [0, 0.05) is 12.2 Å². The van der Waals surface area contributed by atoms with Crippen molar-refractivity contribution in [2.24, 2.45) is 0 Å². The van der Waals surface area contributed by atoms with Crippen LogP contribution in [0.3, 0.4) is 0 Å². The van der Waals surface area contributed by atoms with Crippen LogP contribution in [0.1, 0.15) is 11.1 Å². The lowest BCUT2D eigenvalue weighted by Gasteiger charge is -2.12. The predicted octanol–water partition coefficient (Wildman–Crippen LogP) is 4.42. The Morgan fingerprint density at radius 1 is 0.966 bits per heavy atom. The molecule has 0 atom stereocenters. The summed E-state index contributed by atoms with van der Waals surface area (Å²) in [6, 6.07) is 19.6. The number of nitrogens with one attached hydrogen (secondary N) is 3. The second kappa shape index (κ2) is 9.02. The molecule has 0 spiro atoms. The lowest BCUT2D eigenvalue weighted by Crippen LogP contribution is -2.27. The van der Waals surface area contributed by atoms with Gasteiger partial charge >= 0.3 is 0 Å². The molecule has 0 aliphatic heterocycles. The molecule has 3 N–H and O–H groups in total. The largest absolute Gasteiger partial charge is 0.358 e. The first-order valence-corrected chi connectivity index (χ1v) is 10.7. The third-order valence-corrected chi connectivity index (χ3v) is 5.81. The molecule has 150 valence electrons. The molecule has 8 heteroatoms. The Morgan fingerprint density at radius 3 is 2.28 bits per heavy atom. The van der Waals surface area contributed by atoms with E-state index in [4.69, 9.17) is 12.2 Å². The van der Waals surface area contributed by atoms with Gasteiger partial charge in [-0.15, -0.1) is 0 Å².